The lowest BCUT2D eigenvalue weighted by atomic mass is 9.86. The van der Waals surface area contributed by atoms with E-state index in [4.69, 9.17) is 9.47 Å². The Labute approximate surface area is 233 Å². The van der Waals surface area contributed by atoms with E-state index >= 15 is 0 Å². The molecule has 1 amide bonds. The molecule has 1 atom stereocenters. The summed E-state index contributed by atoms with van der Waals surface area (Å²) in [5.74, 6) is -0.917. The van der Waals surface area contributed by atoms with Crippen LogP contribution in [0.25, 0.3) is 0 Å². The molecule has 2 heterocycles. The molecule has 3 N–H and O–H groups in total. The Kier molecular flexibility index (Phi) is 8.76. The molecule has 1 unspecified atom stereocenters. The van der Waals surface area contributed by atoms with E-state index in [-0.39, 0.29) is 33.9 Å². The van der Waals surface area contributed by atoms with Gasteiger partial charge >= 0.3 is 0 Å². The van der Waals surface area contributed by atoms with Gasteiger partial charge in [-0.25, -0.2) is 17.8 Å². The molecule has 1 fully saturated rings. The van der Waals surface area contributed by atoms with Crippen molar-refractivity contribution in [3.63, 3.8) is 0 Å². The van der Waals surface area contributed by atoms with Crippen LogP contribution in [0, 0.1) is 5.82 Å². The average Bonchev–Trinajstić information content (AvgIpc) is 2.89. The first kappa shape index (κ1) is 29.4. The standard InChI is InChI=1S/C27H35FN6O5S/c1-27(2,3)18-15-20(24(38-4)21(16-18)33-40(5,36)37)31-25(35)17-6-7-19(28)22(14-17)39-23-8-9-30-26(32-23)34-12-10-29-11-13-34/h6-7,9,14-16,26,29,33H,8,10-13H2,1-5H3,(H,31,35). The summed E-state index contributed by atoms with van der Waals surface area (Å²) in [6.07, 6.45) is 2.59. The Morgan fingerprint density at radius 2 is 1.85 bits per heavy atom. The van der Waals surface area contributed by atoms with Gasteiger partial charge in [-0.15, -0.1) is 0 Å². The number of nitrogens with zero attached hydrogens (tertiary/aromatic N) is 3. The topological polar surface area (TPSA) is 134 Å². The monoisotopic (exact) mass is 574 g/mol. The zero-order valence-corrected chi connectivity index (χ0v) is 24.1. The Bertz CT molecular complexity index is 1430. The maximum absolute atomic E-state index is 14.7. The van der Waals surface area contributed by atoms with E-state index in [9.17, 15) is 17.6 Å². The number of hydrogen-bond donors (Lipinski definition) is 3. The number of sulfonamides is 1. The summed E-state index contributed by atoms with van der Waals surface area (Å²) < 4.78 is 52.4. The first-order chi connectivity index (χ1) is 18.8. The molecule has 0 spiro atoms. The van der Waals surface area contributed by atoms with Gasteiger partial charge in [0, 0.05) is 38.0 Å². The molecule has 11 nitrogen and oxygen atoms in total. The summed E-state index contributed by atoms with van der Waals surface area (Å²) in [5.41, 5.74) is 0.953. The molecule has 0 radical (unpaired) electrons. The van der Waals surface area contributed by atoms with Crippen molar-refractivity contribution < 1.29 is 27.1 Å². The fourth-order valence-corrected chi connectivity index (χ4v) is 4.84. The van der Waals surface area contributed by atoms with Crippen LogP contribution in [0.15, 0.2) is 40.3 Å². The smallest absolute Gasteiger partial charge is 0.255 e. The number of aliphatic imine (C=N–C) groups is 2. The summed E-state index contributed by atoms with van der Waals surface area (Å²) in [5, 5.41) is 6.05. The van der Waals surface area contributed by atoms with Crippen molar-refractivity contribution >= 4 is 39.4 Å². The van der Waals surface area contributed by atoms with Crippen molar-refractivity contribution in [1.82, 2.24) is 10.2 Å². The molecule has 4 rings (SSSR count). The SMILES string of the molecule is COc1c(NC(=O)c2ccc(F)c(OC3=NC(N4CCNCC4)N=CC3)c2)cc(C(C)(C)C)cc1NS(C)(=O)=O. The molecule has 0 bridgehead atoms. The van der Waals surface area contributed by atoms with Crippen molar-refractivity contribution in [2.45, 2.75) is 38.9 Å². The molecule has 2 aromatic rings. The summed E-state index contributed by atoms with van der Waals surface area (Å²) in [4.78, 5) is 24.4. The average molecular weight is 575 g/mol. The van der Waals surface area contributed by atoms with E-state index in [1.165, 1.54) is 19.2 Å². The van der Waals surface area contributed by atoms with Crippen LogP contribution in [-0.2, 0) is 15.4 Å². The highest BCUT2D eigenvalue weighted by atomic mass is 32.2. The van der Waals surface area contributed by atoms with Crippen LogP contribution in [0.5, 0.6) is 11.5 Å². The molecule has 40 heavy (non-hydrogen) atoms. The van der Waals surface area contributed by atoms with Gasteiger partial charge in [-0.05, 0) is 41.3 Å². The second kappa shape index (κ2) is 11.9. The van der Waals surface area contributed by atoms with Gasteiger partial charge in [-0.3, -0.25) is 19.4 Å². The number of hydrogen-bond acceptors (Lipinski definition) is 9. The maximum Gasteiger partial charge on any atom is 0.255 e. The molecule has 0 saturated carbocycles. The Hall–Kier alpha value is -3.55. The van der Waals surface area contributed by atoms with Crippen LogP contribution < -0.4 is 24.8 Å². The Morgan fingerprint density at radius 1 is 1.15 bits per heavy atom. The molecule has 13 heteroatoms. The van der Waals surface area contributed by atoms with E-state index in [2.05, 4.69) is 30.2 Å². The quantitative estimate of drug-likeness (QED) is 0.463. The molecular formula is C27H35FN6O5S. The molecule has 0 aliphatic carbocycles. The molecule has 0 aromatic heterocycles. The van der Waals surface area contributed by atoms with Crippen LogP contribution in [0.3, 0.4) is 0 Å². The van der Waals surface area contributed by atoms with E-state index < -0.39 is 28.0 Å². The van der Waals surface area contributed by atoms with Gasteiger partial charge in [0.05, 0.1) is 31.2 Å². The summed E-state index contributed by atoms with van der Waals surface area (Å²) in [7, 11) is -2.26. The van der Waals surface area contributed by atoms with Gasteiger partial charge in [0.1, 0.15) is 0 Å². The third-order valence-corrected chi connectivity index (χ3v) is 6.96. The van der Waals surface area contributed by atoms with E-state index in [1.54, 1.807) is 18.3 Å². The van der Waals surface area contributed by atoms with E-state index in [1.807, 2.05) is 20.8 Å². The second-order valence-corrected chi connectivity index (χ2v) is 12.4. The Morgan fingerprint density at radius 3 is 2.50 bits per heavy atom. The number of amides is 1. The highest BCUT2D eigenvalue weighted by molar-refractivity contribution is 7.92. The largest absolute Gasteiger partial charge is 0.492 e. The number of carbonyl (C=O) groups is 1. The normalized spacial score (nSPS) is 18.1. The van der Waals surface area contributed by atoms with Crippen LogP contribution in [0.2, 0.25) is 0 Å². The van der Waals surface area contributed by atoms with Gasteiger partial charge in [-0.2, -0.15) is 0 Å². The fourth-order valence-electron chi connectivity index (χ4n) is 4.29. The molecule has 1 saturated heterocycles. The lowest BCUT2D eigenvalue weighted by molar-refractivity contribution is 0.102. The number of nitrogens with one attached hydrogen (secondary N) is 3. The van der Waals surface area contributed by atoms with Crippen LogP contribution in [-0.4, -0.2) is 77.2 Å². The highest BCUT2D eigenvalue weighted by Gasteiger charge is 2.24. The lowest BCUT2D eigenvalue weighted by Crippen LogP contribution is -2.48. The lowest BCUT2D eigenvalue weighted by Gasteiger charge is -2.31. The fraction of sp³-hybridized carbons (Fsp3) is 0.444. The number of anilines is 2. The maximum atomic E-state index is 14.7. The molecular weight excluding hydrogens is 539 g/mol. The van der Waals surface area contributed by atoms with Crippen LogP contribution in [0.1, 0.15) is 43.1 Å². The van der Waals surface area contributed by atoms with Gasteiger partial charge in [0.2, 0.25) is 10.0 Å². The first-order valence-electron chi connectivity index (χ1n) is 12.9. The third-order valence-electron chi connectivity index (χ3n) is 6.37. The van der Waals surface area contributed by atoms with Crippen molar-refractivity contribution in [2.24, 2.45) is 9.98 Å². The summed E-state index contributed by atoms with van der Waals surface area (Å²) >= 11 is 0. The van der Waals surface area contributed by atoms with Crippen molar-refractivity contribution in [3.05, 3.63) is 47.3 Å². The van der Waals surface area contributed by atoms with Crippen LogP contribution >= 0.6 is 0 Å². The van der Waals surface area contributed by atoms with Gasteiger partial charge in [0.15, 0.2) is 29.5 Å². The number of halogens is 1. The Balaban J connectivity index is 1.59. The number of benzene rings is 2. The third kappa shape index (κ3) is 7.34. The van der Waals surface area contributed by atoms with Crippen molar-refractivity contribution in [2.75, 3.05) is 49.6 Å². The predicted octanol–water partition coefficient (Wildman–Crippen LogP) is 3.20. The van der Waals surface area contributed by atoms with Crippen LogP contribution in [0.4, 0.5) is 15.8 Å². The second-order valence-electron chi connectivity index (χ2n) is 10.6. The minimum atomic E-state index is -3.63. The number of piperazine rings is 1. The zero-order chi connectivity index (χ0) is 29.1. The van der Waals surface area contributed by atoms with Gasteiger partial charge < -0.3 is 20.1 Å². The first-order valence-corrected chi connectivity index (χ1v) is 14.8. The number of rotatable bonds is 7. The van der Waals surface area contributed by atoms with Gasteiger partial charge in [-0.1, -0.05) is 20.8 Å². The molecule has 2 aromatic carbocycles. The zero-order valence-electron chi connectivity index (χ0n) is 23.2. The molecule has 2 aliphatic rings. The van der Waals surface area contributed by atoms with E-state index in [0.29, 0.717) is 12.3 Å². The molecule has 2 aliphatic heterocycles. The predicted molar refractivity (Wildman–Crippen MR) is 154 cm³/mol. The molecule has 216 valence electrons. The van der Waals surface area contributed by atoms with Crippen molar-refractivity contribution in [1.29, 1.82) is 0 Å². The van der Waals surface area contributed by atoms with Gasteiger partial charge in [0.25, 0.3) is 5.91 Å². The minimum absolute atomic E-state index is 0.126. The number of methoxy groups -OCH3 is 1. The number of carbonyl (C=O) groups excluding carboxylic acids is 1. The van der Waals surface area contributed by atoms with Crippen molar-refractivity contribution in [3.8, 4) is 11.5 Å². The number of ether oxygens (including phenoxy) is 2. The van der Waals surface area contributed by atoms with E-state index in [0.717, 1.165) is 44.1 Å². The summed E-state index contributed by atoms with van der Waals surface area (Å²) in [6, 6.07) is 7.17. The summed E-state index contributed by atoms with van der Waals surface area (Å²) in [6.45, 7) is 9.10. The minimum Gasteiger partial charge on any atom is -0.492 e. The highest BCUT2D eigenvalue weighted by Crippen LogP contribution is 2.39.